The van der Waals surface area contributed by atoms with Crippen LogP contribution in [0, 0.1) is 4.64 Å². The number of carbonyl (C=O) groups is 1. The number of rotatable bonds is 6. The van der Waals surface area contributed by atoms with Gasteiger partial charge in [0.2, 0.25) is 0 Å². The molecule has 0 fully saturated rings. The fraction of sp³-hybridized carbons (Fsp3) is 0.294. The third-order valence-corrected chi connectivity index (χ3v) is 3.39. The molecule has 2 aromatic rings. The largest absolute Gasteiger partial charge is 0.491 e. The van der Waals surface area contributed by atoms with Crippen LogP contribution in [0.15, 0.2) is 42.6 Å². The van der Waals surface area contributed by atoms with Gasteiger partial charge in [0.25, 0.3) is 5.91 Å². The molecule has 22 heavy (non-hydrogen) atoms. The van der Waals surface area contributed by atoms with E-state index in [1.807, 2.05) is 38.1 Å². The lowest BCUT2D eigenvalue weighted by Crippen LogP contribution is -2.26. The van der Waals surface area contributed by atoms with Crippen LogP contribution >= 0.6 is 12.2 Å². The maximum absolute atomic E-state index is 12.0. The van der Waals surface area contributed by atoms with E-state index < -0.39 is 0 Å². The van der Waals surface area contributed by atoms with Gasteiger partial charge in [0.15, 0.2) is 0 Å². The van der Waals surface area contributed by atoms with Gasteiger partial charge in [-0.1, -0.05) is 24.4 Å². The van der Waals surface area contributed by atoms with Gasteiger partial charge >= 0.3 is 0 Å². The number of H-pyrrole nitrogens is 1. The highest BCUT2D eigenvalue weighted by Crippen LogP contribution is 2.14. The molecule has 4 nitrogen and oxygen atoms in total. The van der Waals surface area contributed by atoms with Crippen molar-refractivity contribution in [3.05, 3.63) is 58.4 Å². The second kappa shape index (κ2) is 7.75. The summed E-state index contributed by atoms with van der Waals surface area (Å²) in [6.07, 6.45) is 2.64. The topological polar surface area (TPSA) is 54.1 Å². The highest BCUT2D eigenvalue weighted by molar-refractivity contribution is 7.71. The van der Waals surface area contributed by atoms with Gasteiger partial charge in [-0.2, -0.15) is 0 Å². The summed E-state index contributed by atoms with van der Waals surface area (Å²) < 4.78 is 6.05. The number of aromatic amines is 1. The van der Waals surface area contributed by atoms with Crippen LogP contribution in [0.1, 0.15) is 29.8 Å². The lowest BCUT2D eigenvalue weighted by atomic mass is 10.1. The van der Waals surface area contributed by atoms with E-state index in [9.17, 15) is 4.79 Å². The molecule has 1 aromatic carbocycles. The number of pyridine rings is 1. The molecule has 2 N–H and O–H groups in total. The summed E-state index contributed by atoms with van der Waals surface area (Å²) in [4.78, 5) is 14.9. The zero-order valence-electron chi connectivity index (χ0n) is 12.8. The number of hydrogen-bond acceptors (Lipinski definition) is 3. The minimum Gasteiger partial charge on any atom is -0.491 e. The molecule has 0 spiro atoms. The monoisotopic (exact) mass is 316 g/mol. The Labute approximate surface area is 135 Å². The van der Waals surface area contributed by atoms with Crippen LogP contribution in [-0.4, -0.2) is 23.5 Å². The molecular weight excluding hydrogens is 296 g/mol. The second-order valence-electron chi connectivity index (χ2n) is 5.23. The average Bonchev–Trinajstić information content (AvgIpc) is 2.49. The zero-order valence-corrected chi connectivity index (χ0v) is 13.6. The summed E-state index contributed by atoms with van der Waals surface area (Å²) in [6.45, 7) is 4.56. The van der Waals surface area contributed by atoms with E-state index >= 15 is 0 Å². The lowest BCUT2D eigenvalue weighted by molar-refractivity contribution is 0.0953. The van der Waals surface area contributed by atoms with Crippen LogP contribution in [0.2, 0.25) is 0 Å². The van der Waals surface area contributed by atoms with Gasteiger partial charge in [-0.25, -0.2) is 0 Å². The Morgan fingerprint density at radius 1 is 1.27 bits per heavy atom. The van der Waals surface area contributed by atoms with Crippen molar-refractivity contribution in [3.63, 3.8) is 0 Å². The maximum atomic E-state index is 12.0. The fourth-order valence-electron chi connectivity index (χ4n) is 2.02. The number of amides is 1. The Hall–Kier alpha value is -2.14. The van der Waals surface area contributed by atoms with E-state index in [1.165, 1.54) is 0 Å². The second-order valence-corrected chi connectivity index (χ2v) is 5.64. The smallest absolute Gasteiger partial charge is 0.254 e. The minimum absolute atomic E-state index is 0.151. The van der Waals surface area contributed by atoms with E-state index in [4.69, 9.17) is 17.0 Å². The summed E-state index contributed by atoms with van der Waals surface area (Å²) in [5, 5.41) is 2.88. The highest BCUT2D eigenvalue weighted by Gasteiger charge is 2.06. The molecule has 1 amide bonds. The molecule has 0 radical (unpaired) electrons. The van der Waals surface area contributed by atoms with Crippen molar-refractivity contribution in [3.8, 4) is 5.75 Å². The van der Waals surface area contributed by atoms with Crippen molar-refractivity contribution in [1.82, 2.24) is 10.3 Å². The van der Waals surface area contributed by atoms with Gasteiger partial charge in [0, 0.05) is 12.7 Å². The van der Waals surface area contributed by atoms with Gasteiger partial charge in [0.05, 0.1) is 11.7 Å². The van der Waals surface area contributed by atoms with Crippen molar-refractivity contribution in [1.29, 1.82) is 0 Å². The standard InChI is InChI=1S/C17H20N2O2S/c1-12(2)21-14-7-5-13(6-8-14)9-11-18-16(20)15-4-3-10-19-17(15)22/h3-8,10,12H,9,11H2,1-2H3,(H,18,20)(H,19,22). The summed E-state index contributed by atoms with van der Waals surface area (Å²) in [5.41, 5.74) is 1.65. The Kier molecular flexibility index (Phi) is 5.72. The van der Waals surface area contributed by atoms with Crippen LogP contribution in [0.25, 0.3) is 0 Å². The summed E-state index contributed by atoms with van der Waals surface area (Å²) in [6, 6.07) is 11.4. The fourth-order valence-corrected chi connectivity index (χ4v) is 2.25. The lowest BCUT2D eigenvalue weighted by Gasteiger charge is -2.10. The number of hydrogen-bond donors (Lipinski definition) is 2. The highest BCUT2D eigenvalue weighted by atomic mass is 32.1. The molecule has 0 atom stereocenters. The first kappa shape index (κ1) is 16.2. The Bertz CT molecular complexity index is 678. The van der Waals surface area contributed by atoms with Crippen molar-refractivity contribution in [2.24, 2.45) is 0 Å². The van der Waals surface area contributed by atoms with Crippen LogP contribution < -0.4 is 10.1 Å². The number of aromatic nitrogens is 1. The molecular formula is C17H20N2O2S. The first-order chi connectivity index (χ1) is 10.6. The molecule has 116 valence electrons. The third-order valence-electron chi connectivity index (χ3n) is 3.06. The molecule has 1 heterocycles. The first-order valence-electron chi connectivity index (χ1n) is 7.28. The van der Waals surface area contributed by atoms with E-state index in [-0.39, 0.29) is 12.0 Å². The predicted molar refractivity (Wildman–Crippen MR) is 89.9 cm³/mol. The maximum Gasteiger partial charge on any atom is 0.254 e. The Balaban J connectivity index is 1.85. The van der Waals surface area contributed by atoms with Crippen molar-refractivity contribution in [2.45, 2.75) is 26.4 Å². The predicted octanol–water partition coefficient (Wildman–Crippen LogP) is 3.50. The number of nitrogens with one attached hydrogen (secondary N) is 2. The van der Waals surface area contributed by atoms with Crippen LogP contribution in [0.3, 0.4) is 0 Å². The zero-order chi connectivity index (χ0) is 15.9. The van der Waals surface area contributed by atoms with E-state index in [2.05, 4.69) is 10.3 Å². The summed E-state index contributed by atoms with van der Waals surface area (Å²) in [5.74, 6) is 0.708. The molecule has 0 aliphatic heterocycles. The molecule has 0 saturated carbocycles. The summed E-state index contributed by atoms with van der Waals surface area (Å²) in [7, 11) is 0. The van der Waals surface area contributed by atoms with Crippen LogP contribution in [-0.2, 0) is 6.42 Å². The van der Waals surface area contributed by atoms with Gasteiger partial charge in [-0.15, -0.1) is 0 Å². The van der Waals surface area contributed by atoms with E-state index in [0.29, 0.717) is 16.7 Å². The summed E-state index contributed by atoms with van der Waals surface area (Å²) >= 11 is 5.09. The molecule has 0 unspecified atom stereocenters. The van der Waals surface area contributed by atoms with Crippen molar-refractivity contribution in [2.75, 3.05) is 6.54 Å². The Morgan fingerprint density at radius 3 is 2.64 bits per heavy atom. The molecule has 0 saturated heterocycles. The van der Waals surface area contributed by atoms with Gasteiger partial charge in [0.1, 0.15) is 10.4 Å². The normalized spacial score (nSPS) is 10.5. The number of ether oxygens (including phenoxy) is 1. The molecule has 2 rings (SSSR count). The quantitative estimate of drug-likeness (QED) is 0.802. The van der Waals surface area contributed by atoms with Gasteiger partial charge < -0.3 is 15.0 Å². The Morgan fingerprint density at radius 2 is 2.00 bits per heavy atom. The van der Waals surface area contributed by atoms with Gasteiger partial charge in [-0.3, -0.25) is 4.79 Å². The van der Waals surface area contributed by atoms with E-state index in [0.717, 1.165) is 17.7 Å². The average molecular weight is 316 g/mol. The van der Waals surface area contributed by atoms with Crippen molar-refractivity contribution < 1.29 is 9.53 Å². The van der Waals surface area contributed by atoms with Gasteiger partial charge in [-0.05, 0) is 50.1 Å². The molecule has 0 aliphatic rings. The van der Waals surface area contributed by atoms with E-state index in [1.54, 1.807) is 18.3 Å². The molecule has 5 heteroatoms. The molecule has 1 aromatic heterocycles. The van der Waals surface area contributed by atoms with Crippen LogP contribution in [0.4, 0.5) is 0 Å². The first-order valence-corrected chi connectivity index (χ1v) is 7.68. The number of benzene rings is 1. The minimum atomic E-state index is -0.151. The molecule has 0 aliphatic carbocycles. The molecule has 0 bridgehead atoms. The SMILES string of the molecule is CC(C)Oc1ccc(CCNC(=O)c2ccc[nH]c2=S)cc1. The number of carbonyl (C=O) groups excluding carboxylic acids is 1. The van der Waals surface area contributed by atoms with Crippen molar-refractivity contribution >= 4 is 18.1 Å². The third kappa shape index (κ3) is 4.70. The van der Waals surface area contributed by atoms with Crippen LogP contribution in [0.5, 0.6) is 5.75 Å².